The lowest BCUT2D eigenvalue weighted by atomic mass is 10.00. The number of H-pyrrole nitrogens is 1. The molecule has 3 heteroatoms. The minimum absolute atomic E-state index is 0.571. The lowest BCUT2D eigenvalue weighted by Gasteiger charge is -2.04. The van der Waals surface area contributed by atoms with Crippen LogP contribution in [0.3, 0.4) is 0 Å². The molecule has 0 saturated heterocycles. The van der Waals surface area contributed by atoms with E-state index in [1.807, 2.05) is 48.7 Å². The maximum atomic E-state index is 9.50. The molecule has 1 heterocycles. The Morgan fingerprint density at radius 1 is 0.818 bits per heavy atom. The molecule has 0 atom stereocenters. The first kappa shape index (κ1) is 12.7. The van der Waals surface area contributed by atoms with Gasteiger partial charge < -0.3 is 10.2 Å². The van der Waals surface area contributed by atoms with E-state index in [1.54, 1.807) is 0 Å². The van der Waals surface area contributed by atoms with E-state index < -0.39 is 0 Å². The van der Waals surface area contributed by atoms with Crippen molar-refractivity contribution in [3.8, 4) is 0 Å². The fourth-order valence-corrected chi connectivity index (χ4v) is 2.93. The van der Waals surface area contributed by atoms with Crippen molar-refractivity contribution in [2.75, 3.05) is 0 Å². The van der Waals surface area contributed by atoms with E-state index in [9.17, 15) is 5.21 Å². The number of oxime groups is 1. The second-order valence-corrected chi connectivity index (χ2v) is 5.23. The van der Waals surface area contributed by atoms with Gasteiger partial charge in [-0.1, -0.05) is 71.9 Å². The van der Waals surface area contributed by atoms with Crippen molar-refractivity contribution in [1.82, 2.24) is 4.98 Å². The summed E-state index contributed by atoms with van der Waals surface area (Å²) in [5.41, 5.74) is 3.42. The van der Waals surface area contributed by atoms with Crippen LogP contribution in [0, 0.1) is 0 Å². The van der Waals surface area contributed by atoms with Gasteiger partial charge in [0, 0.05) is 28.1 Å². The third kappa shape index (κ3) is 1.87. The third-order valence-electron chi connectivity index (χ3n) is 3.98. The molecule has 0 fully saturated rings. The zero-order valence-electron chi connectivity index (χ0n) is 11.8. The van der Waals surface area contributed by atoms with Gasteiger partial charge in [-0.2, -0.15) is 0 Å². The number of hydrogen-bond donors (Lipinski definition) is 2. The van der Waals surface area contributed by atoms with Gasteiger partial charge in [-0.3, -0.25) is 0 Å². The molecule has 0 aliphatic heterocycles. The molecule has 0 unspecified atom stereocenters. The number of nitrogens with one attached hydrogen (secondary N) is 1. The van der Waals surface area contributed by atoms with Crippen molar-refractivity contribution < 1.29 is 5.21 Å². The summed E-state index contributed by atoms with van der Waals surface area (Å²) < 4.78 is 0. The third-order valence-corrected chi connectivity index (χ3v) is 3.98. The van der Waals surface area contributed by atoms with Crippen LogP contribution in [0.25, 0.3) is 21.7 Å². The average molecular weight is 286 g/mol. The van der Waals surface area contributed by atoms with Crippen molar-refractivity contribution in [1.29, 1.82) is 0 Å². The molecule has 0 aliphatic rings. The predicted octanol–water partition coefficient (Wildman–Crippen LogP) is 4.55. The number of fused-ring (bicyclic) bond motifs is 3. The number of rotatable bonds is 2. The topological polar surface area (TPSA) is 48.4 Å². The zero-order valence-corrected chi connectivity index (χ0v) is 11.8. The lowest BCUT2D eigenvalue weighted by molar-refractivity contribution is 0.319. The second-order valence-electron chi connectivity index (χ2n) is 5.23. The zero-order chi connectivity index (χ0) is 14.9. The Labute approximate surface area is 127 Å². The SMILES string of the molecule is O/N=C(\c1ccccc1)c1c[nH]c2c1ccc1ccccc12. The number of hydrogen-bond acceptors (Lipinski definition) is 2. The second kappa shape index (κ2) is 5.04. The first-order valence-electron chi connectivity index (χ1n) is 7.15. The quantitative estimate of drug-likeness (QED) is 0.317. The van der Waals surface area contributed by atoms with Crippen molar-refractivity contribution in [3.63, 3.8) is 0 Å². The maximum Gasteiger partial charge on any atom is 0.119 e. The highest BCUT2D eigenvalue weighted by atomic mass is 16.4. The number of aromatic amines is 1. The summed E-state index contributed by atoms with van der Waals surface area (Å²) in [5, 5.41) is 16.4. The van der Waals surface area contributed by atoms with Crippen LogP contribution in [0.15, 0.2) is 78.1 Å². The van der Waals surface area contributed by atoms with Crippen molar-refractivity contribution in [3.05, 3.63) is 84.1 Å². The van der Waals surface area contributed by atoms with Crippen LogP contribution in [0.1, 0.15) is 11.1 Å². The molecule has 0 bridgehead atoms. The minimum atomic E-state index is 0.571. The average Bonchev–Trinajstić information content (AvgIpc) is 3.01. The molecule has 0 amide bonds. The molecule has 3 nitrogen and oxygen atoms in total. The van der Waals surface area contributed by atoms with Gasteiger partial charge in [-0.25, -0.2) is 0 Å². The van der Waals surface area contributed by atoms with Gasteiger partial charge in [-0.15, -0.1) is 0 Å². The van der Waals surface area contributed by atoms with Gasteiger partial charge in [0.1, 0.15) is 5.71 Å². The van der Waals surface area contributed by atoms with Gasteiger partial charge >= 0.3 is 0 Å². The summed E-state index contributed by atoms with van der Waals surface area (Å²) in [7, 11) is 0. The molecule has 1 aromatic heterocycles. The van der Waals surface area contributed by atoms with Gasteiger partial charge in [-0.05, 0) is 5.39 Å². The maximum absolute atomic E-state index is 9.50. The van der Waals surface area contributed by atoms with E-state index >= 15 is 0 Å². The molecule has 106 valence electrons. The van der Waals surface area contributed by atoms with Crippen molar-refractivity contribution in [2.45, 2.75) is 0 Å². The van der Waals surface area contributed by atoms with E-state index in [0.717, 1.165) is 27.4 Å². The molecule has 0 saturated carbocycles. The minimum Gasteiger partial charge on any atom is -0.410 e. The molecule has 3 aromatic carbocycles. The number of benzene rings is 3. The monoisotopic (exact) mass is 286 g/mol. The molecule has 2 N–H and O–H groups in total. The molecular formula is C19H14N2O. The molecule has 0 radical (unpaired) electrons. The van der Waals surface area contributed by atoms with Crippen LogP contribution in [0.5, 0.6) is 0 Å². The van der Waals surface area contributed by atoms with Crippen LogP contribution in [0.2, 0.25) is 0 Å². The van der Waals surface area contributed by atoms with E-state index in [1.165, 1.54) is 5.39 Å². The highest BCUT2D eigenvalue weighted by Gasteiger charge is 2.14. The molecular weight excluding hydrogens is 272 g/mol. The van der Waals surface area contributed by atoms with Crippen LogP contribution in [0.4, 0.5) is 0 Å². The Kier molecular flexibility index (Phi) is 2.90. The summed E-state index contributed by atoms with van der Waals surface area (Å²) in [4.78, 5) is 3.32. The van der Waals surface area contributed by atoms with Gasteiger partial charge in [0.15, 0.2) is 0 Å². The first-order valence-corrected chi connectivity index (χ1v) is 7.15. The molecule has 22 heavy (non-hydrogen) atoms. The Bertz CT molecular complexity index is 984. The van der Waals surface area contributed by atoms with Gasteiger partial charge in [0.05, 0.1) is 5.52 Å². The lowest BCUT2D eigenvalue weighted by Crippen LogP contribution is -2.02. The number of nitrogens with zero attached hydrogens (tertiary/aromatic N) is 1. The summed E-state index contributed by atoms with van der Waals surface area (Å²) in [6.45, 7) is 0. The van der Waals surface area contributed by atoms with E-state index in [4.69, 9.17) is 0 Å². The fraction of sp³-hybridized carbons (Fsp3) is 0. The Balaban J connectivity index is 1.98. The first-order chi connectivity index (χ1) is 10.9. The summed E-state index contributed by atoms with van der Waals surface area (Å²) in [5.74, 6) is 0. The van der Waals surface area contributed by atoms with Crippen LogP contribution in [-0.2, 0) is 0 Å². The fourth-order valence-electron chi connectivity index (χ4n) is 2.93. The van der Waals surface area contributed by atoms with Crippen LogP contribution in [-0.4, -0.2) is 15.9 Å². The standard InChI is InChI=1S/C19H14N2O/c22-21-18(14-7-2-1-3-8-14)17-12-20-19-15-9-5-4-6-13(15)10-11-16(17)19/h1-12,20,22H/b21-18+. The number of aromatic nitrogens is 1. The van der Waals surface area contributed by atoms with Crippen molar-refractivity contribution in [2.24, 2.45) is 5.16 Å². The molecule has 0 aliphatic carbocycles. The molecule has 4 aromatic rings. The van der Waals surface area contributed by atoms with Crippen molar-refractivity contribution >= 4 is 27.4 Å². The van der Waals surface area contributed by atoms with Gasteiger partial charge in [0.25, 0.3) is 0 Å². The predicted molar refractivity (Wildman–Crippen MR) is 89.7 cm³/mol. The summed E-state index contributed by atoms with van der Waals surface area (Å²) in [6, 6.07) is 22.1. The Morgan fingerprint density at radius 3 is 2.41 bits per heavy atom. The van der Waals surface area contributed by atoms with Gasteiger partial charge in [0.2, 0.25) is 0 Å². The highest BCUT2D eigenvalue weighted by Crippen LogP contribution is 2.28. The smallest absolute Gasteiger partial charge is 0.119 e. The van der Waals surface area contributed by atoms with E-state index in [-0.39, 0.29) is 0 Å². The Morgan fingerprint density at radius 2 is 1.59 bits per heavy atom. The molecule has 0 spiro atoms. The van der Waals surface area contributed by atoms with E-state index in [0.29, 0.717) is 5.71 Å². The van der Waals surface area contributed by atoms with Crippen LogP contribution >= 0.6 is 0 Å². The molecule has 4 rings (SSSR count). The Hall–Kier alpha value is -3.07. The summed E-state index contributed by atoms with van der Waals surface area (Å²) in [6.07, 6.45) is 1.90. The highest BCUT2D eigenvalue weighted by molar-refractivity contribution is 6.21. The van der Waals surface area contributed by atoms with E-state index in [2.05, 4.69) is 34.4 Å². The largest absolute Gasteiger partial charge is 0.410 e. The summed E-state index contributed by atoms with van der Waals surface area (Å²) >= 11 is 0. The normalized spacial score (nSPS) is 12.1. The van der Waals surface area contributed by atoms with Crippen LogP contribution < -0.4 is 0 Å².